The van der Waals surface area contributed by atoms with Gasteiger partial charge in [0.1, 0.15) is 34.9 Å². The second-order valence-corrected chi connectivity index (χ2v) is 8.28. The van der Waals surface area contributed by atoms with E-state index in [-0.39, 0.29) is 23.5 Å². The summed E-state index contributed by atoms with van der Waals surface area (Å²) in [4.78, 5) is 27.6. The van der Waals surface area contributed by atoms with Gasteiger partial charge in [-0.3, -0.25) is 14.5 Å². The average molecular weight is 486 g/mol. The Morgan fingerprint density at radius 3 is 2.50 bits per heavy atom. The van der Waals surface area contributed by atoms with Crippen molar-refractivity contribution >= 4 is 34.5 Å². The van der Waals surface area contributed by atoms with Crippen molar-refractivity contribution in [1.82, 2.24) is 0 Å². The van der Waals surface area contributed by atoms with Gasteiger partial charge >= 0.3 is 0 Å². The summed E-state index contributed by atoms with van der Waals surface area (Å²) < 4.78 is 39.8. The lowest BCUT2D eigenvalue weighted by atomic mass is 9.99. The molecule has 34 heavy (non-hydrogen) atoms. The number of hydrogen-bond donors (Lipinski definition) is 1. The molecular weight excluding hydrogens is 464 g/mol. The number of Topliss-reactive ketones (excluding diaryl/α,β-unsaturated/α-hetero) is 1. The van der Waals surface area contributed by atoms with E-state index in [1.165, 1.54) is 17.4 Å². The molecule has 1 amide bonds. The summed E-state index contributed by atoms with van der Waals surface area (Å²) in [6.07, 6.45) is 0. The van der Waals surface area contributed by atoms with Gasteiger partial charge in [-0.2, -0.15) is 0 Å². The third-order valence-electron chi connectivity index (χ3n) is 5.24. The SMILES string of the molecule is CCOc1ccc(/C(O)=C2/C(=O)C(=O)N(c3cc(F)ccc3F)C2c2cccs2)c(OCC)c1. The molecule has 1 N–H and O–H groups in total. The van der Waals surface area contributed by atoms with E-state index in [1.54, 1.807) is 36.6 Å². The maximum absolute atomic E-state index is 14.7. The molecule has 0 saturated carbocycles. The topological polar surface area (TPSA) is 76.1 Å². The zero-order valence-corrected chi connectivity index (χ0v) is 19.2. The minimum absolute atomic E-state index is 0.171. The first-order valence-electron chi connectivity index (χ1n) is 10.6. The molecular formula is C25H21F2NO5S. The van der Waals surface area contributed by atoms with E-state index >= 15 is 0 Å². The number of benzene rings is 2. The van der Waals surface area contributed by atoms with Crippen LogP contribution in [0.4, 0.5) is 14.5 Å². The van der Waals surface area contributed by atoms with Crippen LogP contribution in [0.15, 0.2) is 59.5 Å². The van der Waals surface area contributed by atoms with Crippen LogP contribution in [0, 0.1) is 11.6 Å². The number of carbonyl (C=O) groups excluding carboxylic acids is 2. The highest BCUT2D eigenvalue weighted by Crippen LogP contribution is 2.45. The first-order valence-corrected chi connectivity index (χ1v) is 11.4. The van der Waals surface area contributed by atoms with E-state index in [1.807, 2.05) is 6.92 Å². The van der Waals surface area contributed by atoms with Crippen molar-refractivity contribution in [3.63, 3.8) is 0 Å². The molecule has 176 valence electrons. The van der Waals surface area contributed by atoms with Gasteiger partial charge in [0.15, 0.2) is 0 Å². The lowest BCUT2D eigenvalue weighted by molar-refractivity contribution is -0.132. The quantitative estimate of drug-likeness (QED) is 0.274. The smallest absolute Gasteiger partial charge is 0.300 e. The Kier molecular flexibility index (Phi) is 6.65. The van der Waals surface area contributed by atoms with E-state index in [2.05, 4.69) is 0 Å². The summed E-state index contributed by atoms with van der Waals surface area (Å²) >= 11 is 1.21. The van der Waals surface area contributed by atoms with Crippen LogP contribution in [-0.4, -0.2) is 30.0 Å². The van der Waals surface area contributed by atoms with Gasteiger partial charge in [-0.05, 0) is 49.6 Å². The molecule has 1 atom stereocenters. The van der Waals surface area contributed by atoms with Crippen LogP contribution in [-0.2, 0) is 9.59 Å². The number of nitrogens with zero attached hydrogens (tertiary/aromatic N) is 1. The number of aliphatic hydroxyl groups excluding tert-OH is 1. The predicted octanol–water partition coefficient (Wildman–Crippen LogP) is 5.45. The van der Waals surface area contributed by atoms with Gasteiger partial charge in [0, 0.05) is 17.0 Å². The zero-order valence-electron chi connectivity index (χ0n) is 18.4. The number of hydrogen-bond acceptors (Lipinski definition) is 6. The first-order chi connectivity index (χ1) is 16.4. The van der Waals surface area contributed by atoms with Gasteiger partial charge in [0.2, 0.25) is 0 Å². The molecule has 4 rings (SSSR count). The summed E-state index contributed by atoms with van der Waals surface area (Å²) in [7, 11) is 0. The number of anilines is 1. The number of thiophene rings is 1. The minimum atomic E-state index is -1.16. The molecule has 9 heteroatoms. The highest BCUT2D eigenvalue weighted by Gasteiger charge is 2.48. The van der Waals surface area contributed by atoms with E-state index in [4.69, 9.17) is 9.47 Å². The number of aliphatic hydroxyl groups is 1. The zero-order chi connectivity index (χ0) is 24.4. The lowest BCUT2D eigenvalue weighted by Gasteiger charge is -2.24. The molecule has 0 bridgehead atoms. The van der Waals surface area contributed by atoms with Crippen molar-refractivity contribution in [3.8, 4) is 11.5 Å². The average Bonchev–Trinajstić information content (AvgIpc) is 3.43. The molecule has 2 heterocycles. The molecule has 6 nitrogen and oxygen atoms in total. The van der Waals surface area contributed by atoms with Crippen molar-refractivity contribution < 1.29 is 33.0 Å². The maximum Gasteiger partial charge on any atom is 0.300 e. The number of ketones is 1. The van der Waals surface area contributed by atoms with Crippen molar-refractivity contribution in [2.75, 3.05) is 18.1 Å². The van der Waals surface area contributed by atoms with E-state index in [9.17, 15) is 23.5 Å². The second-order valence-electron chi connectivity index (χ2n) is 7.30. The standard InChI is InChI=1S/C25H21F2NO5S/c1-3-32-15-8-9-16(19(13-15)33-4-2)23(29)21-22(20-6-5-11-34-20)28(25(31)24(21)30)18-12-14(26)7-10-17(18)27/h5-13,22,29H,3-4H2,1-2H3/b23-21-. The van der Waals surface area contributed by atoms with Gasteiger partial charge in [-0.25, -0.2) is 8.78 Å². The van der Waals surface area contributed by atoms with Gasteiger partial charge in [0.25, 0.3) is 11.7 Å². The monoisotopic (exact) mass is 485 g/mol. The predicted molar refractivity (Wildman–Crippen MR) is 124 cm³/mol. The van der Waals surface area contributed by atoms with Crippen LogP contribution < -0.4 is 14.4 Å². The van der Waals surface area contributed by atoms with Gasteiger partial charge in [-0.1, -0.05) is 6.07 Å². The Hall–Kier alpha value is -3.72. The van der Waals surface area contributed by atoms with Gasteiger partial charge < -0.3 is 14.6 Å². The number of rotatable bonds is 7. The first kappa shape index (κ1) is 23.4. The van der Waals surface area contributed by atoms with Crippen LogP contribution in [0.25, 0.3) is 5.76 Å². The molecule has 1 aromatic heterocycles. The van der Waals surface area contributed by atoms with Crippen molar-refractivity contribution in [2.24, 2.45) is 0 Å². The van der Waals surface area contributed by atoms with Crippen LogP contribution in [0.5, 0.6) is 11.5 Å². The fourth-order valence-corrected chi connectivity index (χ4v) is 4.67. The van der Waals surface area contributed by atoms with Crippen LogP contribution in [0.1, 0.15) is 30.3 Å². The van der Waals surface area contributed by atoms with E-state index < -0.39 is 40.8 Å². The highest BCUT2D eigenvalue weighted by molar-refractivity contribution is 7.10. The molecule has 1 aliphatic rings. The molecule has 0 radical (unpaired) electrons. The van der Waals surface area contributed by atoms with E-state index in [0.717, 1.165) is 23.1 Å². The third kappa shape index (κ3) is 4.14. The van der Waals surface area contributed by atoms with Crippen molar-refractivity contribution in [3.05, 3.63) is 81.6 Å². The highest BCUT2D eigenvalue weighted by atomic mass is 32.1. The van der Waals surface area contributed by atoms with Crippen LogP contribution in [0.3, 0.4) is 0 Å². The molecule has 1 fully saturated rings. The van der Waals surface area contributed by atoms with Crippen LogP contribution >= 0.6 is 11.3 Å². The van der Waals surface area contributed by atoms with Gasteiger partial charge in [-0.15, -0.1) is 11.3 Å². The number of carbonyl (C=O) groups is 2. The molecule has 1 unspecified atom stereocenters. The van der Waals surface area contributed by atoms with Crippen LogP contribution in [0.2, 0.25) is 0 Å². The minimum Gasteiger partial charge on any atom is -0.507 e. The summed E-state index contributed by atoms with van der Waals surface area (Å²) in [5, 5.41) is 13.0. The number of ether oxygens (including phenoxy) is 2. The summed E-state index contributed by atoms with van der Waals surface area (Å²) in [5.74, 6) is -3.47. The van der Waals surface area contributed by atoms with Crippen molar-refractivity contribution in [1.29, 1.82) is 0 Å². The Bertz CT molecular complexity index is 1270. The molecule has 3 aromatic rings. The maximum atomic E-state index is 14.7. The summed E-state index contributed by atoms with van der Waals surface area (Å²) in [6.45, 7) is 4.27. The lowest BCUT2D eigenvalue weighted by Crippen LogP contribution is -2.30. The largest absolute Gasteiger partial charge is 0.507 e. The van der Waals surface area contributed by atoms with Gasteiger partial charge in [0.05, 0.1) is 30.0 Å². The normalized spacial score (nSPS) is 17.3. The molecule has 0 spiro atoms. The summed E-state index contributed by atoms with van der Waals surface area (Å²) in [6, 6.07) is 9.55. The summed E-state index contributed by atoms with van der Waals surface area (Å²) in [5.41, 5.74) is -0.470. The molecule has 2 aromatic carbocycles. The van der Waals surface area contributed by atoms with Crippen molar-refractivity contribution in [2.45, 2.75) is 19.9 Å². The fourth-order valence-electron chi connectivity index (χ4n) is 3.84. The molecule has 1 aliphatic heterocycles. The Morgan fingerprint density at radius 1 is 1.06 bits per heavy atom. The van der Waals surface area contributed by atoms with E-state index in [0.29, 0.717) is 17.2 Å². The third-order valence-corrected chi connectivity index (χ3v) is 6.17. The number of amides is 1. The Morgan fingerprint density at radius 2 is 1.82 bits per heavy atom. The second kappa shape index (κ2) is 9.64. The molecule has 0 aliphatic carbocycles. The number of halogens is 2. The molecule has 1 saturated heterocycles. The Labute approximate surface area is 198 Å². The fraction of sp³-hybridized carbons (Fsp3) is 0.200. The Balaban J connectivity index is 1.94.